The molecule has 0 aromatic carbocycles. The van der Waals surface area contributed by atoms with E-state index in [4.69, 9.17) is 0 Å². The summed E-state index contributed by atoms with van der Waals surface area (Å²) in [6, 6.07) is 0. The maximum absolute atomic E-state index is 3.84. The number of alkyl halides is 6. The molecule has 1 aliphatic rings. The Hall–Kier alpha value is 2.88. The van der Waals surface area contributed by atoms with E-state index in [0.717, 1.165) is 0 Å². The molecule has 0 N–H and O–H groups in total. The van der Waals surface area contributed by atoms with Gasteiger partial charge in [-0.2, -0.15) is 0 Å². The summed E-state index contributed by atoms with van der Waals surface area (Å²) in [5.74, 6) is 0. The molecule has 6 atom stereocenters. The average molecular weight is 642 g/mol. The molecule has 0 nitrogen and oxygen atoms in total. The second kappa shape index (κ2) is 9.81. The van der Waals surface area contributed by atoms with Gasteiger partial charge in [-0.05, 0) is 12.8 Å². The fourth-order valence-corrected chi connectivity index (χ4v) is 7.63. The van der Waals surface area contributed by atoms with E-state index < -0.39 is 0 Å². The Bertz CT molecular complexity index is 213. The topological polar surface area (TPSA) is 0 Å². The first kappa shape index (κ1) is 18.9. The SMILES string of the molecule is Br[C@@H]1[C@@H](Br)[C@H](Br)[C@H](Br)CCCCCC[C@@H](Br)[C@H]1Br. The van der Waals surface area contributed by atoms with Crippen molar-refractivity contribution >= 4 is 95.6 Å². The lowest BCUT2D eigenvalue weighted by Crippen LogP contribution is -2.39. The van der Waals surface area contributed by atoms with E-state index in [2.05, 4.69) is 95.6 Å². The van der Waals surface area contributed by atoms with E-state index >= 15 is 0 Å². The van der Waals surface area contributed by atoms with Crippen LogP contribution in [0.3, 0.4) is 0 Å². The lowest BCUT2D eigenvalue weighted by molar-refractivity contribution is 0.549. The molecule has 0 saturated heterocycles. The average Bonchev–Trinajstić information content (AvgIpc) is 2.37. The molecule has 1 aliphatic carbocycles. The van der Waals surface area contributed by atoms with Gasteiger partial charge in [0.25, 0.3) is 0 Å². The van der Waals surface area contributed by atoms with Gasteiger partial charge in [0.15, 0.2) is 0 Å². The van der Waals surface area contributed by atoms with E-state index in [1.807, 2.05) is 0 Å². The number of hydrogen-bond donors (Lipinski definition) is 0. The Kier molecular flexibility index (Phi) is 10.3. The van der Waals surface area contributed by atoms with Crippen molar-refractivity contribution in [3.05, 3.63) is 0 Å². The molecular formula is C12H18Br6. The Balaban J connectivity index is 2.71. The van der Waals surface area contributed by atoms with Gasteiger partial charge in [0, 0.05) is 29.0 Å². The van der Waals surface area contributed by atoms with Gasteiger partial charge in [-0.25, -0.2) is 0 Å². The highest BCUT2D eigenvalue weighted by molar-refractivity contribution is 9.15. The maximum Gasteiger partial charge on any atom is 0.0418 e. The molecule has 0 radical (unpaired) electrons. The quantitative estimate of drug-likeness (QED) is 0.252. The molecule has 0 heterocycles. The molecule has 0 aliphatic heterocycles. The fourth-order valence-electron chi connectivity index (χ4n) is 2.10. The number of halogens is 6. The maximum atomic E-state index is 3.84. The van der Waals surface area contributed by atoms with Crippen LogP contribution in [0.15, 0.2) is 0 Å². The van der Waals surface area contributed by atoms with Crippen LogP contribution in [0.5, 0.6) is 0 Å². The van der Waals surface area contributed by atoms with Gasteiger partial charge in [-0.3, -0.25) is 0 Å². The molecule has 0 amide bonds. The lowest BCUT2D eigenvalue weighted by atomic mass is 10.0. The van der Waals surface area contributed by atoms with Crippen LogP contribution >= 0.6 is 95.6 Å². The predicted octanol–water partition coefficient (Wildman–Crippen LogP) is 6.92. The summed E-state index contributed by atoms with van der Waals surface area (Å²) in [6.07, 6.45) is 7.80. The van der Waals surface area contributed by atoms with Gasteiger partial charge >= 0.3 is 0 Å². The van der Waals surface area contributed by atoms with Crippen molar-refractivity contribution in [3.8, 4) is 0 Å². The summed E-state index contributed by atoms with van der Waals surface area (Å²) in [5.41, 5.74) is 0. The van der Waals surface area contributed by atoms with Crippen LogP contribution in [0.4, 0.5) is 0 Å². The number of hydrogen-bond acceptors (Lipinski definition) is 0. The third kappa shape index (κ3) is 5.94. The minimum atomic E-state index is 0.394. The van der Waals surface area contributed by atoms with Crippen LogP contribution in [-0.4, -0.2) is 29.0 Å². The second-order valence-electron chi connectivity index (χ2n) is 4.80. The zero-order valence-corrected chi connectivity index (χ0v) is 19.5. The molecule has 6 heteroatoms. The molecule has 1 saturated carbocycles. The summed E-state index contributed by atoms with van der Waals surface area (Å²) in [6.45, 7) is 0. The highest BCUT2D eigenvalue weighted by Gasteiger charge is 2.35. The smallest absolute Gasteiger partial charge is 0.0418 e. The molecule has 1 rings (SSSR count). The molecule has 0 spiro atoms. The molecule has 0 aromatic rings. The van der Waals surface area contributed by atoms with E-state index in [-0.39, 0.29) is 0 Å². The molecule has 0 aromatic heterocycles. The zero-order valence-electron chi connectivity index (χ0n) is 9.97. The first-order valence-electron chi connectivity index (χ1n) is 6.29. The Morgan fingerprint density at radius 2 is 0.778 bits per heavy atom. The van der Waals surface area contributed by atoms with Gasteiger partial charge in [-0.15, -0.1) is 0 Å². The van der Waals surface area contributed by atoms with Crippen molar-refractivity contribution in [3.63, 3.8) is 0 Å². The van der Waals surface area contributed by atoms with Crippen molar-refractivity contribution < 1.29 is 0 Å². The van der Waals surface area contributed by atoms with Crippen LogP contribution in [0.1, 0.15) is 38.5 Å². The van der Waals surface area contributed by atoms with Crippen LogP contribution < -0.4 is 0 Å². The van der Waals surface area contributed by atoms with E-state index in [1.54, 1.807) is 0 Å². The minimum Gasteiger partial charge on any atom is -0.0878 e. The van der Waals surface area contributed by atoms with Crippen molar-refractivity contribution in [2.45, 2.75) is 67.5 Å². The Morgan fingerprint density at radius 1 is 0.444 bits per heavy atom. The van der Waals surface area contributed by atoms with Crippen LogP contribution in [0.2, 0.25) is 0 Å². The summed E-state index contributed by atoms with van der Waals surface area (Å²) in [7, 11) is 0. The van der Waals surface area contributed by atoms with Gasteiger partial charge in [0.2, 0.25) is 0 Å². The van der Waals surface area contributed by atoms with Gasteiger partial charge in [-0.1, -0.05) is 121 Å². The standard InChI is InChI=1S/C12H18Br6/c13-7-5-3-1-2-4-6-8(14)10(16)12(18)11(17)9(7)15/h7-12H,1-6H2/t7-,8-,9-,10-,11+,12+/m1/s1. The second-order valence-corrected chi connectivity index (χ2v) is 11.4. The third-order valence-corrected chi connectivity index (χ3v) is 13.6. The third-order valence-electron chi connectivity index (χ3n) is 3.31. The summed E-state index contributed by atoms with van der Waals surface area (Å²) >= 11 is 23.0. The highest BCUT2D eigenvalue weighted by Crippen LogP contribution is 2.37. The summed E-state index contributed by atoms with van der Waals surface area (Å²) in [4.78, 5) is 2.70. The first-order valence-corrected chi connectivity index (χ1v) is 11.8. The minimum absolute atomic E-state index is 0.394. The Morgan fingerprint density at radius 3 is 1.11 bits per heavy atom. The normalized spacial score (nSPS) is 45.0. The molecule has 0 bridgehead atoms. The fraction of sp³-hybridized carbons (Fsp3) is 1.00. The van der Waals surface area contributed by atoms with E-state index in [0.29, 0.717) is 29.0 Å². The molecular weight excluding hydrogens is 624 g/mol. The van der Waals surface area contributed by atoms with Crippen LogP contribution in [0.25, 0.3) is 0 Å². The van der Waals surface area contributed by atoms with E-state index in [9.17, 15) is 0 Å². The lowest BCUT2D eigenvalue weighted by Gasteiger charge is -2.31. The zero-order chi connectivity index (χ0) is 13.7. The number of rotatable bonds is 0. The molecule has 108 valence electrons. The van der Waals surface area contributed by atoms with Gasteiger partial charge in [0.05, 0.1) is 0 Å². The summed E-state index contributed by atoms with van der Waals surface area (Å²) in [5, 5.41) is 0. The molecule has 18 heavy (non-hydrogen) atoms. The van der Waals surface area contributed by atoms with Crippen LogP contribution in [0, 0.1) is 0 Å². The predicted molar refractivity (Wildman–Crippen MR) is 104 cm³/mol. The van der Waals surface area contributed by atoms with Gasteiger partial charge < -0.3 is 0 Å². The summed E-state index contributed by atoms with van der Waals surface area (Å²) < 4.78 is 0. The largest absolute Gasteiger partial charge is 0.0878 e. The van der Waals surface area contributed by atoms with Crippen molar-refractivity contribution in [2.75, 3.05) is 0 Å². The monoisotopic (exact) mass is 636 g/mol. The Labute approximate surface area is 161 Å². The molecule has 1 fully saturated rings. The molecule has 0 unspecified atom stereocenters. The van der Waals surface area contributed by atoms with Crippen molar-refractivity contribution in [1.82, 2.24) is 0 Å². The van der Waals surface area contributed by atoms with Crippen molar-refractivity contribution in [1.29, 1.82) is 0 Å². The van der Waals surface area contributed by atoms with E-state index in [1.165, 1.54) is 38.5 Å². The first-order chi connectivity index (χ1) is 8.45. The van der Waals surface area contributed by atoms with Gasteiger partial charge in [0.1, 0.15) is 0 Å². The van der Waals surface area contributed by atoms with Crippen LogP contribution in [-0.2, 0) is 0 Å². The van der Waals surface area contributed by atoms with Crippen molar-refractivity contribution in [2.24, 2.45) is 0 Å². The highest BCUT2D eigenvalue weighted by atomic mass is 79.9.